The number of thiophene rings is 1. The van der Waals surface area contributed by atoms with Gasteiger partial charge in [0.1, 0.15) is 28.6 Å². The van der Waals surface area contributed by atoms with Crippen LogP contribution in [0.1, 0.15) is 60.4 Å². The molecule has 3 atom stereocenters. The number of hydrogen-bond acceptors (Lipinski definition) is 12. The Labute approximate surface area is 267 Å². The molecule has 242 valence electrons. The lowest BCUT2D eigenvalue weighted by Gasteiger charge is -2.33. The van der Waals surface area contributed by atoms with E-state index in [-0.39, 0.29) is 23.4 Å². The third-order valence-corrected chi connectivity index (χ3v) is 11.2. The number of alkyl halides is 3. The summed E-state index contributed by atoms with van der Waals surface area (Å²) < 4.78 is 78.2. The molecule has 1 fully saturated rings. The van der Waals surface area contributed by atoms with Crippen molar-refractivity contribution in [3.63, 3.8) is 0 Å². The second-order valence-corrected chi connectivity index (χ2v) is 15.0. The molecule has 0 aromatic carbocycles. The Hall–Kier alpha value is -3.33. The zero-order valence-electron chi connectivity index (χ0n) is 25.3. The van der Waals surface area contributed by atoms with Gasteiger partial charge in [0, 0.05) is 41.4 Å². The summed E-state index contributed by atoms with van der Waals surface area (Å²) in [4.78, 5) is 18.5. The van der Waals surface area contributed by atoms with E-state index in [1.807, 2.05) is 28.1 Å². The smallest absolute Gasteiger partial charge is 0.459 e. The summed E-state index contributed by atoms with van der Waals surface area (Å²) >= 11 is 2.66. The van der Waals surface area contributed by atoms with Crippen molar-refractivity contribution < 1.29 is 30.5 Å². The zero-order chi connectivity index (χ0) is 32.7. The van der Waals surface area contributed by atoms with Gasteiger partial charge in [-0.1, -0.05) is 6.92 Å². The van der Waals surface area contributed by atoms with Crippen LogP contribution in [-0.4, -0.2) is 84.2 Å². The minimum atomic E-state index is -6.01. The average molecular weight is 684 g/mol. The van der Waals surface area contributed by atoms with E-state index in [2.05, 4.69) is 34.5 Å². The first-order valence-corrected chi connectivity index (χ1v) is 17.1. The van der Waals surface area contributed by atoms with Gasteiger partial charge in [0.05, 0.1) is 11.9 Å². The molecule has 0 N–H and O–H groups in total. The van der Waals surface area contributed by atoms with E-state index in [4.69, 9.17) is 4.74 Å². The Morgan fingerprint density at radius 2 is 2.02 bits per heavy atom. The third-order valence-electron chi connectivity index (χ3n) is 8.00. The molecule has 1 aliphatic carbocycles. The number of likely N-dealkylation sites (tertiary alicyclic amines) is 1. The zero-order valence-corrected chi connectivity index (χ0v) is 27.7. The van der Waals surface area contributed by atoms with Gasteiger partial charge in [-0.2, -0.15) is 41.2 Å². The predicted octanol–water partition coefficient (Wildman–Crippen LogP) is 5.49. The summed E-state index contributed by atoms with van der Waals surface area (Å²) in [6.45, 7) is 4.69. The summed E-state index contributed by atoms with van der Waals surface area (Å²) in [7, 11) is -0.374. The topological polar surface area (TPSA) is 134 Å². The summed E-state index contributed by atoms with van der Waals surface area (Å²) in [6, 6.07) is 4.77. The van der Waals surface area contributed by atoms with Crippen molar-refractivity contribution in [2.24, 2.45) is 4.99 Å². The molecule has 3 aromatic rings. The highest BCUT2D eigenvalue weighted by Gasteiger charge is 2.49. The van der Waals surface area contributed by atoms with E-state index in [9.17, 15) is 26.9 Å². The van der Waals surface area contributed by atoms with Gasteiger partial charge in [-0.05, 0) is 75.8 Å². The molecule has 0 amide bonds. The van der Waals surface area contributed by atoms with Gasteiger partial charge in [0.25, 0.3) is 0 Å². The Kier molecular flexibility index (Phi) is 9.15. The molecule has 3 aromatic heterocycles. The van der Waals surface area contributed by atoms with E-state index >= 15 is 0 Å². The molecule has 11 nitrogen and oxygen atoms in total. The maximum Gasteiger partial charge on any atom is 0.534 e. The highest BCUT2D eigenvalue weighted by atomic mass is 32.2. The highest BCUT2D eigenvalue weighted by molar-refractivity contribution is 7.87. The first-order valence-electron chi connectivity index (χ1n) is 14.1. The number of nitriles is 1. The molecule has 0 radical (unpaired) electrons. The van der Waals surface area contributed by atoms with Crippen LogP contribution < -0.4 is 8.92 Å². The minimum absolute atomic E-state index is 0.0127. The molecular weight excluding hydrogens is 652 g/mol. The summed E-state index contributed by atoms with van der Waals surface area (Å²) in [5.41, 5.74) is -4.55. The molecule has 0 saturated carbocycles. The van der Waals surface area contributed by atoms with E-state index in [1.54, 1.807) is 24.2 Å². The second kappa shape index (κ2) is 12.5. The number of aliphatic imine (C=N–C) groups is 1. The van der Waals surface area contributed by atoms with E-state index in [0.717, 1.165) is 60.0 Å². The Bertz CT molecular complexity index is 1750. The molecule has 1 unspecified atom stereocenters. The van der Waals surface area contributed by atoms with Crippen LogP contribution in [0.4, 0.5) is 18.2 Å². The standard InChI is InChI=1S/C28H32F3N7O4S3/c1-16(20-8-7-11-38(20)5)41-26-34-18(13-23(35-26)42-45(39,40)28(29,30)31)19-12-22(44-36-19)27(2)10-6-9-21-24(27)17(14-32)25(43-21)33-15-37(3)4/h12-13,15-16,20H,6-11H2,1-5H3/b33-15+/t16-,20-,27?/m0/s1. The number of rotatable bonds is 9. The summed E-state index contributed by atoms with van der Waals surface area (Å²) in [6.07, 6.45) is 5.41. The van der Waals surface area contributed by atoms with Gasteiger partial charge in [0.2, 0.25) is 5.88 Å². The predicted molar refractivity (Wildman–Crippen MR) is 165 cm³/mol. The van der Waals surface area contributed by atoms with Crippen LogP contribution in [0.2, 0.25) is 0 Å². The number of halogens is 3. The maximum atomic E-state index is 13.2. The number of aromatic nitrogens is 3. The molecule has 4 heterocycles. The molecule has 17 heteroatoms. The monoisotopic (exact) mass is 683 g/mol. The number of ether oxygens (including phenoxy) is 1. The van der Waals surface area contributed by atoms with Crippen molar-refractivity contribution in [3.8, 4) is 29.3 Å². The quantitative estimate of drug-likeness (QED) is 0.123. The van der Waals surface area contributed by atoms with E-state index in [0.29, 0.717) is 10.6 Å². The first kappa shape index (κ1) is 33.0. The van der Waals surface area contributed by atoms with Crippen LogP contribution in [0.15, 0.2) is 17.1 Å². The van der Waals surface area contributed by atoms with Gasteiger partial charge in [-0.15, -0.1) is 11.3 Å². The lowest BCUT2D eigenvalue weighted by atomic mass is 9.71. The van der Waals surface area contributed by atoms with Gasteiger partial charge in [-0.25, -0.2) is 4.99 Å². The first-order chi connectivity index (χ1) is 21.1. The molecule has 0 spiro atoms. The van der Waals surface area contributed by atoms with Gasteiger partial charge in [0.15, 0.2) is 0 Å². The molecular formula is C28H32F3N7O4S3. The minimum Gasteiger partial charge on any atom is -0.459 e. The molecule has 2 aliphatic rings. The molecule has 45 heavy (non-hydrogen) atoms. The lowest BCUT2D eigenvalue weighted by molar-refractivity contribution is -0.0501. The average Bonchev–Trinajstić information content (AvgIpc) is 3.70. The maximum absolute atomic E-state index is 13.2. The third kappa shape index (κ3) is 6.64. The van der Waals surface area contributed by atoms with Crippen molar-refractivity contribution in [3.05, 3.63) is 33.0 Å². The van der Waals surface area contributed by atoms with Crippen molar-refractivity contribution >= 4 is 44.3 Å². The molecule has 1 saturated heterocycles. The number of fused-ring (bicyclic) bond motifs is 1. The van der Waals surface area contributed by atoms with Crippen LogP contribution in [0, 0.1) is 11.3 Å². The Balaban J connectivity index is 1.54. The van der Waals surface area contributed by atoms with Crippen molar-refractivity contribution in [1.82, 2.24) is 24.1 Å². The van der Waals surface area contributed by atoms with Crippen molar-refractivity contribution in [2.45, 2.75) is 69.0 Å². The molecule has 0 bridgehead atoms. The van der Waals surface area contributed by atoms with Crippen molar-refractivity contribution in [1.29, 1.82) is 5.26 Å². The summed E-state index contributed by atoms with van der Waals surface area (Å²) in [5.74, 6) is -0.840. The fourth-order valence-electron chi connectivity index (χ4n) is 5.78. The van der Waals surface area contributed by atoms with Crippen LogP contribution >= 0.6 is 22.9 Å². The second-order valence-electron chi connectivity index (χ2n) is 11.5. The number of hydrogen-bond donors (Lipinski definition) is 0. The molecule has 5 rings (SSSR count). The summed E-state index contributed by atoms with van der Waals surface area (Å²) in [5, 5.41) is 10.8. The van der Waals surface area contributed by atoms with Gasteiger partial charge in [-0.3, -0.25) is 4.90 Å². The Morgan fingerprint density at radius 1 is 1.27 bits per heavy atom. The van der Waals surface area contributed by atoms with Gasteiger partial charge < -0.3 is 13.8 Å². The highest BCUT2D eigenvalue weighted by Crippen LogP contribution is 2.51. The SMILES string of the molecule is C[C@H](Oc1nc(OS(=O)(=O)C(F)(F)F)cc(-c2cc(C3(C)CCCc4sc(/N=C/N(C)C)c(C#N)c43)sn2)n1)[C@@H]1CCCN1C. The number of nitrogens with zero attached hydrogens (tertiary/aromatic N) is 7. The van der Waals surface area contributed by atoms with Gasteiger partial charge >= 0.3 is 21.6 Å². The largest absolute Gasteiger partial charge is 0.534 e. The fraction of sp³-hybridized carbons (Fsp3) is 0.536. The number of aryl methyl sites for hydroxylation is 1. The Morgan fingerprint density at radius 3 is 2.67 bits per heavy atom. The van der Waals surface area contributed by atoms with Crippen LogP contribution in [-0.2, 0) is 22.0 Å². The fourth-order valence-corrected chi connectivity index (χ4v) is 8.36. The van der Waals surface area contributed by atoms with E-state index in [1.165, 1.54) is 22.9 Å². The van der Waals surface area contributed by atoms with Crippen LogP contribution in [0.3, 0.4) is 0 Å². The number of likely N-dealkylation sites (N-methyl/N-ethyl adjacent to an activating group) is 1. The van der Waals surface area contributed by atoms with Crippen molar-refractivity contribution in [2.75, 3.05) is 27.7 Å². The van der Waals surface area contributed by atoms with Crippen LogP contribution in [0.5, 0.6) is 11.9 Å². The lowest BCUT2D eigenvalue weighted by Crippen LogP contribution is -2.38. The van der Waals surface area contributed by atoms with E-state index < -0.39 is 33.0 Å². The molecule has 1 aliphatic heterocycles. The normalized spacial score (nSPS) is 21.4. The van der Waals surface area contributed by atoms with Crippen LogP contribution in [0.25, 0.3) is 11.4 Å².